The third-order valence-electron chi connectivity index (χ3n) is 2.73. The van der Waals surface area contributed by atoms with Gasteiger partial charge in [-0.2, -0.15) is 0 Å². The zero-order valence-electron chi connectivity index (χ0n) is 9.57. The van der Waals surface area contributed by atoms with E-state index in [9.17, 15) is 5.11 Å². The molecule has 2 aromatic rings. The van der Waals surface area contributed by atoms with Gasteiger partial charge in [0.1, 0.15) is 6.10 Å². The van der Waals surface area contributed by atoms with Gasteiger partial charge in [0.25, 0.3) is 0 Å². The lowest BCUT2D eigenvalue weighted by Crippen LogP contribution is -2.03. The maximum Gasteiger partial charge on any atom is 0.102 e. The van der Waals surface area contributed by atoms with E-state index in [1.54, 1.807) is 6.33 Å². The van der Waals surface area contributed by atoms with Crippen molar-refractivity contribution in [1.82, 2.24) is 9.97 Å². The molecule has 16 heavy (non-hydrogen) atoms. The summed E-state index contributed by atoms with van der Waals surface area (Å²) >= 11 is 0. The van der Waals surface area contributed by atoms with Crippen LogP contribution in [-0.4, -0.2) is 15.1 Å². The minimum atomic E-state index is -0.533. The van der Waals surface area contributed by atoms with Crippen LogP contribution in [0.5, 0.6) is 0 Å². The Hall–Kier alpha value is -1.61. The Morgan fingerprint density at radius 1 is 1.25 bits per heavy atom. The molecule has 0 fully saturated rings. The highest BCUT2D eigenvalue weighted by Gasteiger charge is 2.13. The predicted molar refractivity (Wildman–Crippen MR) is 63.2 cm³/mol. The number of aliphatic hydroxyl groups excluding tert-OH is 1. The summed E-state index contributed by atoms with van der Waals surface area (Å²) in [6, 6.07) is 8.19. The highest BCUT2D eigenvalue weighted by atomic mass is 16.3. The van der Waals surface area contributed by atoms with Crippen LogP contribution < -0.4 is 0 Å². The fourth-order valence-corrected chi connectivity index (χ4v) is 1.75. The van der Waals surface area contributed by atoms with Gasteiger partial charge in [0.15, 0.2) is 0 Å². The molecule has 1 unspecified atom stereocenters. The number of aryl methyl sites for hydroxylation is 2. The quantitative estimate of drug-likeness (QED) is 0.827. The number of hydrogen-bond acceptors (Lipinski definition) is 2. The molecule has 3 nitrogen and oxygen atoms in total. The maximum absolute atomic E-state index is 10.0. The van der Waals surface area contributed by atoms with Crippen LogP contribution >= 0.6 is 0 Å². The number of aromatic nitrogens is 2. The molecule has 0 spiro atoms. The average Bonchev–Trinajstić information content (AvgIpc) is 2.68. The first-order valence-electron chi connectivity index (χ1n) is 5.40. The molecule has 0 aliphatic carbocycles. The van der Waals surface area contributed by atoms with Gasteiger partial charge in [0.05, 0.1) is 12.0 Å². The monoisotopic (exact) mass is 216 g/mol. The first-order chi connectivity index (χ1) is 7.66. The largest absolute Gasteiger partial charge is 0.386 e. The Morgan fingerprint density at radius 3 is 2.50 bits per heavy atom. The smallest absolute Gasteiger partial charge is 0.102 e. The van der Waals surface area contributed by atoms with Crippen LogP contribution in [0.25, 0.3) is 0 Å². The van der Waals surface area contributed by atoms with E-state index in [4.69, 9.17) is 0 Å². The molecule has 0 bridgehead atoms. The molecule has 1 heterocycles. The van der Waals surface area contributed by atoms with Crippen LogP contribution in [0, 0.1) is 13.8 Å². The van der Waals surface area contributed by atoms with E-state index in [-0.39, 0.29) is 0 Å². The predicted octanol–water partition coefficient (Wildman–Crippen LogP) is 2.30. The summed E-state index contributed by atoms with van der Waals surface area (Å²) in [4.78, 5) is 7.10. The van der Waals surface area contributed by atoms with E-state index in [1.807, 2.05) is 19.1 Å². The lowest BCUT2D eigenvalue weighted by atomic mass is 10.0. The second-order valence-electron chi connectivity index (χ2n) is 4.12. The van der Waals surface area contributed by atoms with Gasteiger partial charge < -0.3 is 10.1 Å². The number of imidazole rings is 1. The van der Waals surface area contributed by atoms with E-state index < -0.39 is 6.10 Å². The Kier molecular flexibility index (Phi) is 3.06. The molecule has 1 atom stereocenters. The number of aliphatic hydroxyl groups is 1. The number of H-pyrrole nitrogens is 1. The minimum Gasteiger partial charge on any atom is -0.386 e. The van der Waals surface area contributed by atoms with Crippen LogP contribution in [0.1, 0.15) is 28.6 Å². The van der Waals surface area contributed by atoms with Crippen molar-refractivity contribution < 1.29 is 5.11 Å². The van der Waals surface area contributed by atoms with Crippen molar-refractivity contribution in [2.75, 3.05) is 0 Å². The molecule has 0 radical (unpaired) electrons. The fourth-order valence-electron chi connectivity index (χ4n) is 1.75. The summed E-state index contributed by atoms with van der Waals surface area (Å²) in [5, 5.41) is 10.0. The van der Waals surface area contributed by atoms with E-state index in [1.165, 1.54) is 5.56 Å². The normalized spacial score (nSPS) is 12.7. The Labute approximate surface area is 95.2 Å². The Bertz CT molecular complexity index is 459. The summed E-state index contributed by atoms with van der Waals surface area (Å²) in [5.74, 6) is 0. The molecule has 0 saturated heterocycles. The molecular weight excluding hydrogens is 200 g/mol. The van der Waals surface area contributed by atoms with E-state index >= 15 is 0 Å². The number of nitrogens with one attached hydrogen (secondary N) is 1. The number of aromatic amines is 1. The van der Waals surface area contributed by atoms with Gasteiger partial charge in [-0.25, -0.2) is 4.98 Å². The van der Waals surface area contributed by atoms with Gasteiger partial charge in [0, 0.05) is 12.1 Å². The first kappa shape index (κ1) is 10.9. The van der Waals surface area contributed by atoms with Crippen LogP contribution in [0.4, 0.5) is 0 Å². The molecule has 0 amide bonds. The van der Waals surface area contributed by atoms with Crippen molar-refractivity contribution in [3.8, 4) is 0 Å². The van der Waals surface area contributed by atoms with Gasteiger partial charge >= 0.3 is 0 Å². The molecule has 1 aromatic carbocycles. The van der Waals surface area contributed by atoms with Gasteiger partial charge in [-0.15, -0.1) is 0 Å². The van der Waals surface area contributed by atoms with Crippen molar-refractivity contribution in [3.05, 3.63) is 53.1 Å². The van der Waals surface area contributed by atoms with E-state index in [0.717, 1.165) is 17.0 Å². The van der Waals surface area contributed by atoms with Crippen LogP contribution in [0.2, 0.25) is 0 Å². The van der Waals surface area contributed by atoms with Crippen molar-refractivity contribution in [3.63, 3.8) is 0 Å². The Balaban J connectivity index is 2.10. The number of hydrogen-bond donors (Lipinski definition) is 2. The summed E-state index contributed by atoms with van der Waals surface area (Å²) in [6.45, 7) is 3.97. The lowest BCUT2D eigenvalue weighted by molar-refractivity contribution is 0.173. The summed E-state index contributed by atoms with van der Waals surface area (Å²) in [6.07, 6.45) is 1.68. The number of benzene rings is 1. The van der Waals surface area contributed by atoms with Gasteiger partial charge in [0.2, 0.25) is 0 Å². The molecule has 0 saturated carbocycles. The molecule has 2 rings (SSSR count). The van der Waals surface area contributed by atoms with Crippen LogP contribution in [-0.2, 0) is 6.42 Å². The summed E-state index contributed by atoms with van der Waals surface area (Å²) in [5.41, 5.74) is 4.02. The second-order valence-corrected chi connectivity index (χ2v) is 4.12. The van der Waals surface area contributed by atoms with Gasteiger partial charge in [-0.05, 0) is 19.4 Å². The SMILES string of the molecule is Cc1ccc(CC(O)c2nc[nH]c2C)cc1. The molecular formula is C13H16N2O. The third-order valence-corrected chi connectivity index (χ3v) is 2.73. The van der Waals surface area contributed by atoms with Gasteiger partial charge in [-0.3, -0.25) is 0 Å². The molecule has 0 aliphatic rings. The maximum atomic E-state index is 10.0. The zero-order valence-corrected chi connectivity index (χ0v) is 9.57. The summed E-state index contributed by atoms with van der Waals surface area (Å²) in [7, 11) is 0. The molecule has 84 valence electrons. The molecule has 2 N–H and O–H groups in total. The number of rotatable bonds is 3. The van der Waals surface area contributed by atoms with E-state index in [0.29, 0.717) is 6.42 Å². The summed E-state index contributed by atoms with van der Waals surface area (Å²) < 4.78 is 0. The first-order valence-corrected chi connectivity index (χ1v) is 5.40. The zero-order chi connectivity index (χ0) is 11.5. The Morgan fingerprint density at radius 2 is 1.94 bits per heavy atom. The molecule has 3 heteroatoms. The van der Waals surface area contributed by atoms with Crippen LogP contribution in [0.3, 0.4) is 0 Å². The average molecular weight is 216 g/mol. The lowest BCUT2D eigenvalue weighted by Gasteiger charge is -2.09. The van der Waals surface area contributed by atoms with E-state index in [2.05, 4.69) is 29.0 Å². The number of nitrogens with zero attached hydrogens (tertiary/aromatic N) is 1. The highest BCUT2D eigenvalue weighted by Crippen LogP contribution is 2.18. The minimum absolute atomic E-state index is 0.533. The van der Waals surface area contributed by atoms with Crippen molar-refractivity contribution in [2.24, 2.45) is 0 Å². The van der Waals surface area contributed by atoms with Crippen LogP contribution in [0.15, 0.2) is 30.6 Å². The van der Waals surface area contributed by atoms with Crippen molar-refractivity contribution in [2.45, 2.75) is 26.4 Å². The third kappa shape index (κ3) is 2.31. The highest BCUT2D eigenvalue weighted by molar-refractivity contribution is 5.23. The van der Waals surface area contributed by atoms with Gasteiger partial charge in [-0.1, -0.05) is 29.8 Å². The molecule has 1 aromatic heterocycles. The van der Waals surface area contributed by atoms with Crippen molar-refractivity contribution in [1.29, 1.82) is 0 Å². The second kappa shape index (κ2) is 4.49. The molecule has 0 aliphatic heterocycles. The van der Waals surface area contributed by atoms with Crippen molar-refractivity contribution >= 4 is 0 Å². The fraction of sp³-hybridized carbons (Fsp3) is 0.308. The topological polar surface area (TPSA) is 48.9 Å². The standard InChI is InChI=1S/C13H16N2O/c1-9-3-5-11(6-4-9)7-12(16)13-10(2)14-8-15-13/h3-6,8,12,16H,7H2,1-2H3,(H,14,15).